The molecule has 1 fully saturated rings. The maximum absolute atomic E-state index is 12.5. The Labute approximate surface area is 177 Å². The second-order valence-corrected chi connectivity index (χ2v) is 9.30. The van der Waals surface area contributed by atoms with E-state index in [-0.39, 0.29) is 17.9 Å². The van der Waals surface area contributed by atoms with Crippen LogP contribution in [0.2, 0.25) is 0 Å². The van der Waals surface area contributed by atoms with Gasteiger partial charge in [-0.1, -0.05) is 25.2 Å². The Bertz CT molecular complexity index is 779. The quantitative estimate of drug-likeness (QED) is 0.765. The first kappa shape index (κ1) is 23.0. The van der Waals surface area contributed by atoms with E-state index in [0.717, 1.165) is 23.4 Å². The van der Waals surface area contributed by atoms with Crippen LogP contribution in [0.25, 0.3) is 0 Å². The molecule has 8 heteroatoms. The predicted octanol–water partition coefficient (Wildman–Crippen LogP) is 4.36. The summed E-state index contributed by atoms with van der Waals surface area (Å²) in [7, 11) is 0. The molecule has 1 N–H and O–H groups in total. The zero-order valence-corrected chi connectivity index (χ0v) is 19.1. The number of ether oxygens (including phenoxy) is 1. The van der Waals surface area contributed by atoms with Crippen LogP contribution in [-0.2, 0) is 9.53 Å². The molecule has 1 saturated heterocycles. The van der Waals surface area contributed by atoms with Gasteiger partial charge in [0.15, 0.2) is 0 Å². The monoisotopic (exact) mass is 420 g/mol. The Morgan fingerprint density at radius 2 is 1.79 bits per heavy atom. The highest BCUT2D eigenvalue weighted by Gasteiger charge is 2.29. The van der Waals surface area contributed by atoms with Gasteiger partial charge in [0.05, 0.1) is 10.6 Å². The number of thiophene rings is 1. The van der Waals surface area contributed by atoms with Crippen LogP contribution in [0.3, 0.4) is 0 Å². The second-order valence-electron chi connectivity index (χ2n) is 8.31. The van der Waals surface area contributed by atoms with E-state index in [0.29, 0.717) is 36.7 Å². The number of carbonyl (C=O) groups is 2. The summed E-state index contributed by atoms with van der Waals surface area (Å²) in [4.78, 5) is 28.6. The van der Waals surface area contributed by atoms with Crippen molar-refractivity contribution in [2.75, 3.05) is 36.4 Å². The van der Waals surface area contributed by atoms with E-state index in [2.05, 4.69) is 16.3 Å². The third kappa shape index (κ3) is 5.63. The maximum atomic E-state index is 12.5. The molecular formula is C21H32N4O3S. The highest BCUT2D eigenvalue weighted by Crippen LogP contribution is 2.40. The lowest BCUT2D eigenvalue weighted by molar-refractivity contribution is -0.120. The molecule has 0 saturated carbocycles. The standard InChI is InChI=1S/C21H32N4O3S/c1-7-15(8-2)17(26)23-18-16(13-22)14(3)19(29-18)24-9-11-25(12-10-24)20(27)28-21(4,5)6/h15H,7-12H2,1-6H3,(H,23,26). The first-order valence-electron chi connectivity index (χ1n) is 10.2. The number of amides is 2. The lowest BCUT2D eigenvalue weighted by Gasteiger charge is -2.36. The van der Waals surface area contributed by atoms with E-state index in [1.165, 1.54) is 11.3 Å². The van der Waals surface area contributed by atoms with E-state index < -0.39 is 5.60 Å². The lowest BCUT2D eigenvalue weighted by atomic mass is 10.0. The summed E-state index contributed by atoms with van der Waals surface area (Å²) >= 11 is 1.44. The van der Waals surface area contributed by atoms with Crippen molar-refractivity contribution in [3.63, 3.8) is 0 Å². The van der Waals surface area contributed by atoms with Gasteiger partial charge in [-0.05, 0) is 40.5 Å². The SMILES string of the molecule is CCC(CC)C(=O)Nc1sc(N2CCN(C(=O)OC(C)(C)C)CC2)c(C)c1C#N. The first-order chi connectivity index (χ1) is 13.6. The summed E-state index contributed by atoms with van der Waals surface area (Å²) in [5, 5.41) is 14.2. The van der Waals surface area contributed by atoms with Crippen molar-refractivity contribution in [3.05, 3.63) is 11.1 Å². The van der Waals surface area contributed by atoms with Crippen LogP contribution in [0.4, 0.5) is 14.8 Å². The summed E-state index contributed by atoms with van der Waals surface area (Å²) < 4.78 is 5.45. The zero-order valence-electron chi connectivity index (χ0n) is 18.3. The van der Waals surface area contributed by atoms with E-state index in [1.54, 1.807) is 4.90 Å². The van der Waals surface area contributed by atoms with Gasteiger partial charge in [0.1, 0.15) is 16.7 Å². The van der Waals surface area contributed by atoms with Gasteiger partial charge in [-0.15, -0.1) is 0 Å². The van der Waals surface area contributed by atoms with Gasteiger partial charge in [-0.3, -0.25) is 4.79 Å². The third-order valence-electron chi connectivity index (χ3n) is 5.05. The van der Waals surface area contributed by atoms with Crippen LogP contribution in [0, 0.1) is 24.2 Å². The molecule has 0 bridgehead atoms. The molecule has 29 heavy (non-hydrogen) atoms. The number of carbonyl (C=O) groups excluding carboxylic acids is 2. The number of nitrogens with one attached hydrogen (secondary N) is 1. The Hall–Kier alpha value is -2.27. The fourth-order valence-electron chi connectivity index (χ4n) is 3.32. The summed E-state index contributed by atoms with van der Waals surface area (Å²) in [6, 6.07) is 2.24. The Morgan fingerprint density at radius 3 is 2.28 bits per heavy atom. The van der Waals surface area contributed by atoms with Crippen LogP contribution in [0.5, 0.6) is 0 Å². The molecule has 1 aliphatic heterocycles. The number of rotatable bonds is 5. The van der Waals surface area contributed by atoms with Crippen molar-refractivity contribution in [1.82, 2.24) is 4.90 Å². The van der Waals surface area contributed by atoms with E-state index in [1.807, 2.05) is 41.5 Å². The maximum Gasteiger partial charge on any atom is 0.410 e. The Balaban J connectivity index is 2.11. The minimum Gasteiger partial charge on any atom is -0.444 e. The van der Waals surface area contributed by atoms with E-state index in [4.69, 9.17) is 4.74 Å². The number of hydrogen-bond donors (Lipinski definition) is 1. The molecule has 0 unspecified atom stereocenters. The van der Waals surface area contributed by atoms with Gasteiger partial charge in [0, 0.05) is 37.7 Å². The number of nitriles is 1. The van der Waals surface area contributed by atoms with Crippen LogP contribution in [0.15, 0.2) is 0 Å². The van der Waals surface area contributed by atoms with Gasteiger partial charge in [0.2, 0.25) is 5.91 Å². The topological polar surface area (TPSA) is 85.7 Å². The fraction of sp³-hybridized carbons (Fsp3) is 0.667. The van der Waals surface area contributed by atoms with Gasteiger partial charge in [-0.2, -0.15) is 5.26 Å². The highest BCUT2D eigenvalue weighted by molar-refractivity contribution is 7.20. The van der Waals surface area contributed by atoms with Crippen LogP contribution < -0.4 is 10.2 Å². The predicted molar refractivity (Wildman–Crippen MR) is 116 cm³/mol. The Kier molecular flexibility index (Phi) is 7.53. The number of nitrogens with zero attached hydrogens (tertiary/aromatic N) is 3. The first-order valence-corrected chi connectivity index (χ1v) is 11.0. The van der Waals surface area contributed by atoms with Crippen LogP contribution in [0.1, 0.15) is 58.6 Å². The highest BCUT2D eigenvalue weighted by atomic mass is 32.1. The molecule has 2 rings (SSSR count). The number of anilines is 2. The largest absolute Gasteiger partial charge is 0.444 e. The molecule has 2 amide bonds. The second kappa shape index (κ2) is 9.49. The minimum absolute atomic E-state index is 0.0333. The summed E-state index contributed by atoms with van der Waals surface area (Å²) in [5.41, 5.74) is 0.893. The molecule has 1 aromatic rings. The molecule has 0 radical (unpaired) electrons. The minimum atomic E-state index is -0.512. The molecule has 2 heterocycles. The van der Waals surface area contributed by atoms with Crippen molar-refractivity contribution in [1.29, 1.82) is 5.26 Å². The molecule has 1 aliphatic rings. The van der Waals surface area contributed by atoms with Crippen molar-refractivity contribution >= 4 is 33.3 Å². The lowest BCUT2D eigenvalue weighted by Crippen LogP contribution is -2.50. The zero-order chi connectivity index (χ0) is 21.8. The number of hydrogen-bond acceptors (Lipinski definition) is 6. The molecule has 0 aliphatic carbocycles. The van der Waals surface area contributed by atoms with Crippen molar-refractivity contribution in [2.24, 2.45) is 5.92 Å². The van der Waals surface area contributed by atoms with Gasteiger partial charge in [-0.25, -0.2) is 4.79 Å². The molecular weight excluding hydrogens is 388 g/mol. The van der Waals surface area contributed by atoms with Crippen molar-refractivity contribution in [3.8, 4) is 6.07 Å². The molecule has 0 spiro atoms. The molecule has 0 aromatic carbocycles. The normalized spacial score (nSPS) is 14.7. The van der Waals surface area contributed by atoms with Crippen LogP contribution in [-0.4, -0.2) is 48.7 Å². The molecule has 7 nitrogen and oxygen atoms in total. The van der Waals surface area contributed by atoms with Crippen molar-refractivity contribution < 1.29 is 14.3 Å². The van der Waals surface area contributed by atoms with Gasteiger partial charge < -0.3 is 19.9 Å². The van der Waals surface area contributed by atoms with Gasteiger partial charge in [0.25, 0.3) is 0 Å². The Morgan fingerprint density at radius 1 is 1.21 bits per heavy atom. The fourth-order valence-corrected chi connectivity index (χ4v) is 4.53. The van der Waals surface area contributed by atoms with Crippen LogP contribution >= 0.6 is 11.3 Å². The molecule has 160 valence electrons. The summed E-state index contributed by atoms with van der Waals surface area (Å²) in [6.45, 7) is 13.9. The number of piperazine rings is 1. The van der Waals surface area contributed by atoms with E-state index in [9.17, 15) is 14.9 Å². The van der Waals surface area contributed by atoms with Crippen molar-refractivity contribution in [2.45, 2.75) is 60.0 Å². The average Bonchev–Trinajstić information content (AvgIpc) is 2.96. The summed E-state index contributed by atoms with van der Waals surface area (Å²) in [5.74, 6) is -0.0844. The smallest absolute Gasteiger partial charge is 0.410 e. The van der Waals surface area contributed by atoms with Gasteiger partial charge >= 0.3 is 6.09 Å². The van der Waals surface area contributed by atoms with E-state index >= 15 is 0 Å². The molecule has 1 aromatic heterocycles. The average molecular weight is 421 g/mol. The third-order valence-corrected chi connectivity index (χ3v) is 6.31. The summed E-state index contributed by atoms with van der Waals surface area (Å²) in [6.07, 6.45) is 1.25. The molecule has 0 atom stereocenters.